The van der Waals surface area contributed by atoms with Gasteiger partial charge in [-0.05, 0) is 38.0 Å². The van der Waals surface area contributed by atoms with Crippen molar-refractivity contribution in [1.82, 2.24) is 14.6 Å². The summed E-state index contributed by atoms with van der Waals surface area (Å²) in [5.41, 5.74) is 1.91. The minimum atomic E-state index is -0.513. The molecule has 0 amide bonds. The molecular weight excluding hydrogens is 318 g/mol. The van der Waals surface area contributed by atoms with Gasteiger partial charge in [0, 0.05) is 6.20 Å². The molecule has 0 radical (unpaired) electrons. The third kappa shape index (κ3) is 4.56. The molecule has 0 aliphatic carbocycles. The minimum Gasteiger partial charge on any atom is -0.485 e. The minimum absolute atomic E-state index is 0.148. The monoisotopic (exact) mass is 339 g/mol. The van der Waals surface area contributed by atoms with Crippen molar-refractivity contribution in [3.8, 4) is 5.75 Å². The molecule has 0 unspecified atom stereocenters. The fourth-order valence-electron chi connectivity index (χ4n) is 2.43. The molecule has 0 atom stereocenters. The molecule has 0 saturated heterocycles. The van der Waals surface area contributed by atoms with E-state index in [-0.39, 0.29) is 12.4 Å². The molecule has 0 spiro atoms. The van der Waals surface area contributed by atoms with E-state index in [1.807, 2.05) is 57.2 Å². The van der Waals surface area contributed by atoms with Gasteiger partial charge in [-0.2, -0.15) is 5.10 Å². The number of pyridine rings is 1. The van der Waals surface area contributed by atoms with Crippen molar-refractivity contribution < 1.29 is 14.3 Å². The van der Waals surface area contributed by atoms with Gasteiger partial charge in [0.15, 0.2) is 11.4 Å². The van der Waals surface area contributed by atoms with Crippen molar-refractivity contribution in [3.05, 3.63) is 60.0 Å². The van der Waals surface area contributed by atoms with E-state index in [2.05, 4.69) is 10.1 Å². The number of fused-ring (bicyclic) bond motifs is 1. The molecule has 2 heterocycles. The van der Waals surface area contributed by atoms with Crippen LogP contribution in [0.25, 0.3) is 5.65 Å². The second kappa shape index (κ2) is 6.93. The molecule has 3 rings (SSSR count). The summed E-state index contributed by atoms with van der Waals surface area (Å²) in [6.45, 7) is 5.96. The van der Waals surface area contributed by atoms with Gasteiger partial charge in [-0.15, -0.1) is 0 Å². The van der Waals surface area contributed by atoms with Gasteiger partial charge in [-0.1, -0.05) is 30.3 Å². The lowest BCUT2D eigenvalue weighted by Gasteiger charge is -2.19. The maximum absolute atomic E-state index is 12.1. The van der Waals surface area contributed by atoms with Gasteiger partial charge in [0.05, 0.1) is 6.42 Å². The zero-order valence-corrected chi connectivity index (χ0v) is 14.6. The molecule has 0 fully saturated rings. The van der Waals surface area contributed by atoms with Crippen LogP contribution in [0, 0.1) is 0 Å². The summed E-state index contributed by atoms with van der Waals surface area (Å²) in [5.74, 6) is 0.295. The number of nitrogens with zero attached hydrogens (tertiary/aromatic N) is 3. The summed E-state index contributed by atoms with van der Waals surface area (Å²) in [5, 5.41) is 4.15. The van der Waals surface area contributed by atoms with Crippen LogP contribution in [-0.2, 0) is 22.6 Å². The number of carbonyl (C=O) groups is 1. The van der Waals surface area contributed by atoms with Crippen molar-refractivity contribution in [3.63, 3.8) is 0 Å². The lowest BCUT2D eigenvalue weighted by Crippen LogP contribution is -2.25. The van der Waals surface area contributed by atoms with Crippen LogP contribution >= 0.6 is 0 Å². The van der Waals surface area contributed by atoms with E-state index >= 15 is 0 Å². The summed E-state index contributed by atoms with van der Waals surface area (Å²) in [6.07, 6.45) is 3.37. The Kier molecular flexibility index (Phi) is 4.70. The summed E-state index contributed by atoms with van der Waals surface area (Å²) in [4.78, 5) is 16.3. The molecular formula is C19H21N3O3. The molecule has 25 heavy (non-hydrogen) atoms. The lowest BCUT2D eigenvalue weighted by molar-refractivity contribution is -0.153. The average Bonchev–Trinajstić information content (AvgIpc) is 3.00. The highest BCUT2D eigenvalue weighted by atomic mass is 16.6. The van der Waals surface area contributed by atoms with Crippen LogP contribution in [-0.4, -0.2) is 26.2 Å². The number of rotatable bonds is 5. The summed E-state index contributed by atoms with van der Waals surface area (Å²) in [6, 6.07) is 11.7. The molecule has 6 nitrogen and oxygen atoms in total. The van der Waals surface area contributed by atoms with E-state index in [4.69, 9.17) is 9.47 Å². The molecule has 0 saturated carbocycles. The Bertz CT molecular complexity index is 867. The van der Waals surface area contributed by atoms with Gasteiger partial charge in [0.1, 0.15) is 18.5 Å². The molecule has 2 aromatic heterocycles. The van der Waals surface area contributed by atoms with Gasteiger partial charge in [-0.25, -0.2) is 9.50 Å². The Labute approximate surface area is 146 Å². The SMILES string of the molecule is CC(C)(C)OC(=O)Cc1cc(OCc2ccccc2)c2ncnn2c1. The van der Waals surface area contributed by atoms with E-state index in [0.29, 0.717) is 18.0 Å². The van der Waals surface area contributed by atoms with Gasteiger partial charge in [-0.3, -0.25) is 4.79 Å². The molecule has 3 aromatic rings. The van der Waals surface area contributed by atoms with Crippen LogP contribution < -0.4 is 4.74 Å². The number of hydrogen-bond donors (Lipinski definition) is 0. The van der Waals surface area contributed by atoms with Crippen LogP contribution in [0.5, 0.6) is 5.75 Å². The van der Waals surface area contributed by atoms with E-state index in [9.17, 15) is 4.79 Å². The summed E-state index contributed by atoms with van der Waals surface area (Å²) in [7, 11) is 0. The summed E-state index contributed by atoms with van der Waals surface area (Å²) < 4.78 is 12.9. The van der Waals surface area contributed by atoms with E-state index in [1.54, 1.807) is 10.7 Å². The Balaban J connectivity index is 1.80. The fraction of sp³-hybridized carbons (Fsp3) is 0.316. The largest absolute Gasteiger partial charge is 0.485 e. The van der Waals surface area contributed by atoms with Crippen LogP contribution in [0.2, 0.25) is 0 Å². The zero-order valence-electron chi connectivity index (χ0n) is 14.6. The smallest absolute Gasteiger partial charge is 0.310 e. The number of ether oxygens (including phenoxy) is 2. The third-order valence-corrected chi connectivity index (χ3v) is 3.40. The predicted molar refractivity (Wildman–Crippen MR) is 93.3 cm³/mol. The van der Waals surface area contributed by atoms with Crippen molar-refractivity contribution in [1.29, 1.82) is 0 Å². The second-order valence-electron chi connectivity index (χ2n) is 6.78. The van der Waals surface area contributed by atoms with Crippen molar-refractivity contribution in [2.75, 3.05) is 0 Å². The number of carbonyl (C=O) groups excluding carboxylic acids is 1. The van der Waals surface area contributed by atoms with Crippen LogP contribution in [0.4, 0.5) is 0 Å². The molecule has 0 N–H and O–H groups in total. The average molecular weight is 339 g/mol. The highest BCUT2D eigenvalue weighted by Crippen LogP contribution is 2.22. The molecule has 6 heteroatoms. The maximum atomic E-state index is 12.1. The van der Waals surface area contributed by atoms with E-state index in [1.165, 1.54) is 6.33 Å². The molecule has 130 valence electrons. The van der Waals surface area contributed by atoms with Crippen molar-refractivity contribution in [2.24, 2.45) is 0 Å². The number of benzene rings is 1. The predicted octanol–water partition coefficient (Wildman–Crippen LogP) is 3.19. The Morgan fingerprint density at radius 1 is 1.16 bits per heavy atom. The van der Waals surface area contributed by atoms with Crippen LogP contribution in [0.3, 0.4) is 0 Å². The fourth-order valence-corrected chi connectivity index (χ4v) is 2.43. The van der Waals surface area contributed by atoms with Crippen molar-refractivity contribution >= 4 is 11.6 Å². The number of aromatic nitrogens is 3. The third-order valence-electron chi connectivity index (χ3n) is 3.40. The standard InChI is InChI=1S/C19H21N3O3/c1-19(2,3)25-17(23)10-15-9-16(18-20-13-21-22(18)11-15)24-12-14-7-5-4-6-8-14/h4-9,11,13H,10,12H2,1-3H3. The Morgan fingerprint density at radius 3 is 2.64 bits per heavy atom. The first-order chi connectivity index (χ1) is 11.9. The number of esters is 1. The molecule has 0 bridgehead atoms. The summed E-state index contributed by atoms with van der Waals surface area (Å²) >= 11 is 0. The maximum Gasteiger partial charge on any atom is 0.310 e. The van der Waals surface area contributed by atoms with Gasteiger partial charge in [0.2, 0.25) is 0 Å². The van der Waals surface area contributed by atoms with E-state index < -0.39 is 5.60 Å². The van der Waals surface area contributed by atoms with Crippen molar-refractivity contribution in [2.45, 2.75) is 39.4 Å². The first-order valence-corrected chi connectivity index (χ1v) is 8.11. The highest BCUT2D eigenvalue weighted by Gasteiger charge is 2.18. The second-order valence-corrected chi connectivity index (χ2v) is 6.78. The van der Waals surface area contributed by atoms with E-state index in [0.717, 1.165) is 11.1 Å². The Hall–Kier alpha value is -2.89. The Morgan fingerprint density at radius 2 is 1.92 bits per heavy atom. The lowest BCUT2D eigenvalue weighted by atomic mass is 10.1. The first kappa shape index (κ1) is 17.0. The van der Waals surface area contributed by atoms with Crippen LogP contribution in [0.1, 0.15) is 31.9 Å². The quantitative estimate of drug-likeness (QED) is 0.668. The zero-order chi connectivity index (χ0) is 17.9. The molecule has 0 aliphatic heterocycles. The molecule has 1 aromatic carbocycles. The number of hydrogen-bond acceptors (Lipinski definition) is 5. The highest BCUT2D eigenvalue weighted by molar-refractivity contribution is 5.73. The normalized spacial score (nSPS) is 11.5. The van der Waals surface area contributed by atoms with Crippen LogP contribution in [0.15, 0.2) is 48.9 Å². The van der Waals surface area contributed by atoms with Gasteiger partial charge < -0.3 is 9.47 Å². The van der Waals surface area contributed by atoms with Gasteiger partial charge >= 0.3 is 5.97 Å². The topological polar surface area (TPSA) is 65.7 Å². The van der Waals surface area contributed by atoms with Gasteiger partial charge in [0.25, 0.3) is 0 Å². The molecule has 0 aliphatic rings. The first-order valence-electron chi connectivity index (χ1n) is 8.11.